The fraction of sp³-hybridized carbons (Fsp3) is 0.500. The fourth-order valence-electron chi connectivity index (χ4n) is 1.70. The zero-order valence-corrected chi connectivity index (χ0v) is 13.0. The summed E-state index contributed by atoms with van der Waals surface area (Å²) in [5.74, 6) is -1.06. The molecule has 0 aliphatic heterocycles. The van der Waals surface area contributed by atoms with Crippen molar-refractivity contribution in [3.8, 4) is 0 Å². The van der Waals surface area contributed by atoms with E-state index in [1.807, 2.05) is 0 Å². The third-order valence-electron chi connectivity index (χ3n) is 2.80. The van der Waals surface area contributed by atoms with Crippen molar-refractivity contribution in [2.45, 2.75) is 6.10 Å². The second-order valence-electron chi connectivity index (χ2n) is 4.19. The topological polar surface area (TPSA) is 129 Å². The number of carbonyl (C=O) groups excluding carboxylic acids is 2. The maximum atomic E-state index is 11.7. The molecule has 0 aromatic carbocycles. The van der Waals surface area contributed by atoms with Gasteiger partial charge in [-0.15, -0.1) is 11.3 Å². The third kappa shape index (κ3) is 4.06. The van der Waals surface area contributed by atoms with Crippen LogP contribution < -0.4 is 22.1 Å². The van der Waals surface area contributed by atoms with Crippen LogP contribution >= 0.6 is 11.3 Å². The van der Waals surface area contributed by atoms with Gasteiger partial charge in [-0.3, -0.25) is 9.59 Å². The minimum absolute atomic E-state index is 0.0788. The summed E-state index contributed by atoms with van der Waals surface area (Å²) in [6, 6.07) is 0. The maximum absolute atomic E-state index is 11.7. The first-order valence-corrected chi connectivity index (χ1v) is 6.97. The molecule has 0 aliphatic rings. The van der Waals surface area contributed by atoms with E-state index in [-0.39, 0.29) is 28.1 Å². The summed E-state index contributed by atoms with van der Waals surface area (Å²) in [5.41, 5.74) is 11.4. The van der Waals surface area contributed by atoms with E-state index in [4.69, 9.17) is 20.9 Å². The molecular weight excluding hydrogens is 296 g/mol. The van der Waals surface area contributed by atoms with Crippen LogP contribution in [0.3, 0.4) is 0 Å². The summed E-state index contributed by atoms with van der Waals surface area (Å²) in [4.78, 5) is 23.5. The zero-order valence-electron chi connectivity index (χ0n) is 12.2. The number of hydrogen-bond acceptors (Lipinski definition) is 7. The normalized spacial score (nSPS) is 12.0. The Hall–Kier alpha value is -1.84. The summed E-state index contributed by atoms with van der Waals surface area (Å²) >= 11 is 1.07. The highest BCUT2D eigenvalue weighted by atomic mass is 32.1. The van der Waals surface area contributed by atoms with E-state index in [1.165, 1.54) is 7.05 Å². The predicted octanol–water partition coefficient (Wildman–Crippen LogP) is -0.138. The maximum Gasteiger partial charge on any atom is 0.263 e. The molecule has 1 atom stereocenters. The van der Waals surface area contributed by atoms with Crippen molar-refractivity contribution < 1.29 is 19.1 Å². The van der Waals surface area contributed by atoms with E-state index in [1.54, 1.807) is 14.2 Å². The van der Waals surface area contributed by atoms with Gasteiger partial charge in [0.2, 0.25) is 0 Å². The molecule has 1 aromatic rings. The number of nitrogens with two attached hydrogens (primary N) is 2. The van der Waals surface area contributed by atoms with Crippen LogP contribution in [0, 0.1) is 0 Å². The molecule has 0 spiro atoms. The van der Waals surface area contributed by atoms with E-state index < -0.39 is 5.91 Å². The van der Waals surface area contributed by atoms with Crippen LogP contribution in [-0.2, 0) is 9.47 Å². The molecule has 118 valence electrons. The number of methoxy groups -OCH3 is 2. The summed E-state index contributed by atoms with van der Waals surface area (Å²) in [6.45, 7) is 0.774. The van der Waals surface area contributed by atoms with Crippen molar-refractivity contribution in [3.05, 3.63) is 10.4 Å². The summed E-state index contributed by atoms with van der Waals surface area (Å²) in [7, 11) is 4.60. The standard InChI is InChI=1S/C12H20N4O4S/c1-15-11(18)9-8(13)7(10(14)17)12(21-9)16-4-6(20-3)5-19-2/h6,16H,4-5,13H2,1-3H3,(H2,14,17)(H,15,18). The number of amides is 2. The Kier molecular flexibility index (Phi) is 6.40. The lowest BCUT2D eigenvalue weighted by molar-refractivity contribution is 0.0366. The average Bonchev–Trinajstić information content (AvgIpc) is 2.79. The Morgan fingerprint density at radius 1 is 1.38 bits per heavy atom. The van der Waals surface area contributed by atoms with Crippen molar-refractivity contribution in [2.24, 2.45) is 5.73 Å². The van der Waals surface area contributed by atoms with Crippen LogP contribution in [0.15, 0.2) is 0 Å². The molecule has 0 aliphatic carbocycles. The van der Waals surface area contributed by atoms with E-state index in [0.717, 1.165) is 11.3 Å². The first-order valence-electron chi connectivity index (χ1n) is 6.15. The highest BCUT2D eigenvalue weighted by Gasteiger charge is 2.24. The Labute approximate surface area is 126 Å². The van der Waals surface area contributed by atoms with Crippen molar-refractivity contribution in [1.29, 1.82) is 0 Å². The summed E-state index contributed by atoms with van der Waals surface area (Å²) < 4.78 is 10.2. The average molecular weight is 316 g/mol. The Morgan fingerprint density at radius 2 is 2.05 bits per heavy atom. The molecule has 0 saturated carbocycles. The summed E-state index contributed by atoms with van der Waals surface area (Å²) in [6.07, 6.45) is -0.206. The van der Waals surface area contributed by atoms with Gasteiger partial charge in [0.15, 0.2) is 0 Å². The highest BCUT2D eigenvalue weighted by Crippen LogP contribution is 2.35. The highest BCUT2D eigenvalue weighted by molar-refractivity contribution is 7.19. The molecule has 9 heteroatoms. The quantitative estimate of drug-likeness (QED) is 0.528. The van der Waals surface area contributed by atoms with Crippen LogP contribution in [-0.4, -0.2) is 52.3 Å². The van der Waals surface area contributed by atoms with Crippen LogP contribution in [0.4, 0.5) is 10.7 Å². The van der Waals surface area contributed by atoms with E-state index in [2.05, 4.69) is 10.6 Å². The van der Waals surface area contributed by atoms with Gasteiger partial charge in [0, 0.05) is 27.8 Å². The van der Waals surface area contributed by atoms with E-state index in [0.29, 0.717) is 18.2 Å². The molecular formula is C12H20N4O4S. The molecule has 8 nitrogen and oxygen atoms in total. The summed E-state index contributed by atoms with van der Waals surface area (Å²) in [5, 5.41) is 5.93. The molecule has 6 N–H and O–H groups in total. The number of rotatable bonds is 8. The Bertz CT molecular complexity index is 518. The number of thiophene rings is 1. The molecule has 0 fully saturated rings. The van der Waals surface area contributed by atoms with Gasteiger partial charge < -0.3 is 31.6 Å². The van der Waals surface area contributed by atoms with Gasteiger partial charge in [-0.25, -0.2) is 0 Å². The molecule has 2 amide bonds. The number of hydrogen-bond donors (Lipinski definition) is 4. The van der Waals surface area contributed by atoms with Gasteiger partial charge in [0.25, 0.3) is 11.8 Å². The molecule has 0 bridgehead atoms. The van der Waals surface area contributed by atoms with Gasteiger partial charge in [0.05, 0.1) is 24.0 Å². The van der Waals surface area contributed by atoms with Crippen LogP contribution in [0.25, 0.3) is 0 Å². The van der Waals surface area contributed by atoms with Gasteiger partial charge in [-0.2, -0.15) is 0 Å². The van der Waals surface area contributed by atoms with Crippen molar-refractivity contribution in [3.63, 3.8) is 0 Å². The number of primary amides is 1. The zero-order chi connectivity index (χ0) is 16.0. The largest absolute Gasteiger partial charge is 0.397 e. The first-order chi connectivity index (χ1) is 9.96. The molecule has 21 heavy (non-hydrogen) atoms. The van der Waals surface area contributed by atoms with E-state index in [9.17, 15) is 9.59 Å². The van der Waals surface area contributed by atoms with Gasteiger partial charge >= 0.3 is 0 Å². The molecule has 1 aromatic heterocycles. The minimum atomic E-state index is -0.692. The van der Waals surface area contributed by atoms with Gasteiger partial charge in [-0.1, -0.05) is 0 Å². The van der Waals surface area contributed by atoms with Gasteiger partial charge in [-0.05, 0) is 0 Å². The lowest BCUT2D eigenvalue weighted by Crippen LogP contribution is -2.27. The van der Waals surface area contributed by atoms with Crippen LogP contribution in [0.2, 0.25) is 0 Å². The minimum Gasteiger partial charge on any atom is -0.397 e. The first kappa shape index (κ1) is 17.2. The number of anilines is 2. The number of carbonyl (C=O) groups is 2. The fourth-order valence-corrected chi connectivity index (χ4v) is 2.78. The Morgan fingerprint density at radius 3 is 2.52 bits per heavy atom. The van der Waals surface area contributed by atoms with Crippen molar-refractivity contribution in [2.75, 3.05) is 45.5 Å². The SMILES string of the molecule is CNC(=O)c1sc(NCC(COC)OC)c(C(N)=O)c1N. The van der Waals surface area contributed by atoms with Crippen LogP contribution in [0.5, 0.6) is 0 Å². The monoisotopic (exact) mass is 316 g/mol. The van der Waals surface area contributed by atoms with Gasteiger partial charge in [0.1, 0.15) is 9.88 Å². The smallest absolute Gasteiger partial charge is 0.263 e. The second-order valence-corrected chi connectivity index (χ2v) is 5.21. The number of ether oxygens (including phenoxy) is 2. The predicted molar refractivity (Wildman–Crippen MR) is 81.8 cm³/mol. The molecule has 0 radical (unpaired) electrons. The molecule has 1 unspecified atom stereocenters. The lowest BCUT2D eigenvalue weighted by atomic mass is 10.2. The van der Waals surface area contributed by atoms with Crippen molar-refractivity contribution in [1.82, 2.24) is 5.32 Å². The second kappa shape index (κ2) is 7.81. The van der Waals surface area contributed by atoms with Crippen LogP contribution in [0.1, 0.15) is 20.0 Å². The van der Waals surface area contributed by atoms with Crippen molar-refractivity contribution >= 4 is 33.8 Å². The molecule has 1 rings (SSSR count). The molecule has 0 saturated heterocycles. The third-order valence-corrected chi connectivity index (χ3v) is 3.96. The molecule has 1 heterocycles. The van der Waals surface area contributed by atoms with E-state index >= 15 is 0 Å². The number of nitrogen functional groups attached to an aromatic ring is 1. The number of nitrogens with one attached hydrogen (secondary N) is 2. The lowest BCUT2D eigenvalue weighted by Gasteiger charge is -2.15. The Balaban J connectivity index is 3.00.